The zero-order valence-corrected chi connectivity index (χ0v) is 15.2. The van der Waals surface area contributed by atoms with E-state index in [0.717, 1.165) is 10.2 Å². The summed E-state index contributed by atoms with van der Waals surface area (Å²) in [6.45, 7) is -0.0548. The summed E-state index contributed by atoms with van der Waals surface area (Å²) in [5.41, 5.74) is 1.08. The van der Waals surface area contributed by atoms with E-state index in [-0.39, 0.29) is 30.2 Å². The van der Waals surface area contributed by atoms with Crippen molar-refractivity contribution in [2.75, 3.05) is 5.32 Å². The largest absolute Gasteiger partial charge is 0.477 e. The number of hydrogen-bond acceptors (Lipinski definition) is 6. The Morgan fingerprint density at radius 1 is 1.14 bits per heavy atom. The molecule has 3 rings (SSSR count). The number of amides is 2. The van der Waals surface area contributed by atoms with Crippen LogP contribution in [0.25, 0.3) is 0 Å². The number of hydrogen-bond donors (Lipinski definition) is 3. The molecule has 0 unspecified atom stereocenters. The summed E-state index contributed by atoms with van der Waals surface area (Å²) < 4.78 is 4.01. The van der Waals surface area contributed by atoms with Crippen molar-refractivity contribution in [2.45, 2.75) is 13.1 Å². The van der Waals surface area contributed by atoms with Crippen LogP contribution in [0.15, 0.2) is 30.9 Å². The molecule has 0 radical (unpaired) electrons. The molecule has 0 aliphatic carbocycles. The van der Waals surface area contributed by atoms with Crippen molar-refractivity contribution in [1.29, 1.82) is 0 Å². The van der Waals surface area contributed by atoms with Gasteiger partial charge in [-0.3, -0.25) is 19.0 Å². The van der Waals surface area contributed by atoms with Gasteiger partial charge in [-0.2, -0.15) is 15.3 Å². The van der Waals surface area contributed by atoms with Gasteiger partial charge in [-0.05, 0) is 6.07 Å². The lowest BCUT2D eigenvalue weighted by Crippen LogP contribution is -2.27. The first-order chi connectivity index (χ1) is 13.3. The Morgan fingerprint density at radius 3 is 2.61 bits per heavy atom. The highest BCUT2D eigenvalue weighted by Gasteiger charge is 2.20. The van der Waals surface area contributed by atoms with Gasteiger partial charge in [0.05, 0.1) is 18.1 Å². The molecule has 146 valence electrons. The number of carbonyl (C=O) groups is 3. The molecule has 3 aromatic heterocycles. The van der Waals surface area contributed by atoms with Crippen LogP contribution in [0.3, 0.4) is 0 Å². The van der Waals surface area contributed by atoms with Crippen LogP contribution in [0.2, 0.25) is 0 Å². The van der Waals surface area contributed by atoms with Gasteiger partial charge in [0.2, 0.25) is 5.91 Å². The van der Waals surface area contributed by atoms with Gasteiger partial charge >= 0.3 is 5.97 Å². The van der Waals surface area contributed by atoms with Gasteiger partial charge in [-0.15, -0.1) is 0 Å². The minimum Gasteiger partial charge on any atom is -0.477 e. The maximum atomic E-state index is 12.5. The molecule has 12 nitrogen and oxygen atoms in total. The van der Waals surface area contributed by atoms with E-state index in [1.165, 1.54) is 23.1 Å². The number of carboxylic acids is 1. The Bertz CT molecular complexity index is 1030. The number of aromatic nitrogens is 6. The summed E-state index contributed by atoms with van der Waals surface area (Å²) in [6.07, 6.45) is 6.04. The number of rotatable bonds is 7. The SMILES string of the molecule is Cn1cc(CNC(=O)c2c(NC(=O)Cn3nccc3C(=O)O)cnn2C)cn1. The van der Waals surface area contributed by atoms with E-state index in [1.807, 2.05) is 0 Å². The first kappa shape index (κ1) is 18.8. The first-order valence-electron chi connectivity index (χ1n) is 8.18. The van der Waals surface area contributed by atoms with Crippen molar-refractivity contribution in [3.05, 3.63) is 47.8 Å². The predicted octanol–water partition coefficient (Wildman–Crippen LogP) is -0.383. The zero-order valence-electron chi connectivity index (χ0n) is 15.2. The maximum absolute atomic E-state index is 12.5. The van der Waals surface area contributed by atoms with Crippen molar-refractivity contribution in [3.8, 4) is 0 Å². The summed E-state index contributed by atoms with van der Waals surface area (Å²) in [4.78, 5) is 35.9. The highest BCUT2D eigenvalue weighted by Crippen LogP contribution is 2.14. The fraction of sp³-hybridized carbons (Fsp3) is 0.250. The smallest absolute Gasteiger partial charge is 0.354 e. The van der Waals surface area contributed by atoms with Crippen LogP contribution < -0.4 is 10.6 Å². The van der Waals surface area contributed by atoms with Gasteiger partial charge in [0.25, 0.3) is 5.91 Å². The molecule has 12 heteroatoms. The molecule has 0 saturated carbocycles. The van der Waals surface area contributed by atoms with E-state index in [1.54, 1.807) is 31.2 Å². The normalized spacial score (nSPS) is 10.6. The van der Waals surface area contributed by atoms with Gasteiger partial charge in [0.1, 0.15) is 17.9 Å². The van der Waals surface area contributed by atoms with E-state index in [4.69, 9.17) is 5.11 Å². The molecule has 2 amide bonds. The second kappa shape index (κ2) is 7.73. The summed E-state index contributed by atoms with van der Waals surface area (Å²) in [5.74, 6) is -2.16. The van der Waals surface area contributed by atoms with Crippen LogP contribution in [-0.2, 0) is 32.0 Å². The van der Waals surface area contributed by atoms with Crippen LogP contribution in [0.5, 0.6) is 0 Å². The second-order valence-corrected chi connectivity index (χ2v) is 5.96. The lowest BCUT2D eigenvalue weighted by molar-refractivity contribution is -0.116. The molecule has 0 atom stereocenters. The van der Waals surface area contributed by atoms with E-state index in [9.17, 15) is 14.4 Å². The molecule has 28 heavy (non-hydrogen) atoms. The zero-order chi connectivity index (χ0) is 20.3. The minimum atomic E-state index is -1.19. The third-order valence-corrected chi connectivity index (χ3v) is 3.87. The number of nitrogens with zero attached hydrogens (tertiary/aromatic N) is 6. The highest BCUT2D eigenvalue weighted by molar-refractivity contribution is 6.02. The Labute approximate surface area is 158 Å². The number of aromatic carboxylic acids is 1. The first-order valence-corrected chi connectivity index (χ1v) is 8.18. The lowest BCUT2D eigenvalue weighted by atomic mass is 10.3. The van der Waals surface area contributed by atoms with Gasteiger partial charge in [-0.1, -0.05) is 0 Å². The fourth-order valence-electron chi connectivity index (χ4n) is 2.59. The molecule has 0 aliphatic rings. The van der Waals surface area contributed by atoms with E-state index >= 15 is 0 Å². The summed E-state index contributed by atoms with van der Waals surface area (Å²) >= 11 is 0. The third-order valence-electron chi connectivity index (χ3n) is 3.87. The van der Waals surface area contributed by atoms with E-state index in [0.29, 0.717) is 0 Å². The van der Waals surface area contributed by atoms with Crippen molar-refractivity contribution in [3.63, 3.8) is 0 Å². The number of aryl methyl sites for hydroxylation is 2. The monoisotopic (exact) mass is 386 g/mol. The van der Waals surface area contributed by atoms with Crippen LogP contribution >= 0.6 is 0 Å². The third kappa shape index (κ3) is 4.06. The van der Waals surface area contributed by atoms with Gasteiger partial charge < -0.3 is 15.7 Å². The van der Waals surface area contributed by atoms with E-state index in [2.05, 4.69) is 25.9 Å². The minimum absolute atomic E-state index is 0.115. The molecule has 3 heterocycles. The molecule has 0 aromatic carbocycles. The number of anilines is 1. The topological polar surface area (TPSA) is 149 Å². The van der Waals surface area contributed by atoms with Crippen molar-refractivity contribution >= 4 is 23.5 Å². The molecular formula is C16H18N8O4. The average Bonchev–Trinajstić information content (AvgIpc) is 3.34. The molecule has 3 aromatic rings. The van der Waals surface area contributed by atoms with Crippen molar-refractivity contribution in [1.82, 2.24) is 34.7 Å². The highest BCUT2D eigenvalue weighted by atomic mass is 16.4. The number of nitrogens with one attached hydrogen (secondary N) is 2. The summed E-state index contributed by atoms with van der Waals surface area (Å²) in [5, 5.41) is 26.2. The molecule has 0 spiro atoms. The Hall–Kier alpha value is -3.96. The fourth-order valence-corrected chi connectivity index (χ4v) is 2.59. The molecule has 0 bridgehead atoms. The Morgan fingerprint density at radius 2 is 1.93 bits per heavy atom. The molecular weight excluding hydrogens is 368 g/mol. The van der Waals surface area contributed by atoms with Crippen LogP contribution in [0, 0.1) is 0 Å². The second-order valence-electron chi connectivity index (χ2n) is 5.96. The summed E-state index contributed by atoms with van der Waals surface area (Å²) in [6, 6.07) is 1.29. The molecule has 3 N–H and O–H groups in total. The van der Waals surface area contributed by atoms with Crippen LogP contribution in [-0.4, -0.2) is 52.2 Å². The molecule has 0 fully saturated rings. The van der Waals surface area contributed by atoms with Gasteiger partial charge in [0.15, 0.2) is 0 Å². The van der Waals surface area contributed by atoms with Crippen molar-refractivity contribution in [2.24, 2.45) is 14.1 Å². The van der Waals surface area contributed by atoms with Gasteiger partial charge in [-0.25, -0.2) is 9.48 Å². The molecule has 0 aliphatic heterocycles. The number of carbonyl (C=O) groups excluding carboxylic acids is 2. The predicted molar refractivity (Wildman–Crippen MR) is 95.4 cm³/mol. The molecule has 0 saturated heterocycles. The van der Waals surface area contributed by atoms with Crippen LogP contribution in [0.1, 0.15) is 26.5 Å². The van der Waals surface area contributed by atoms with Crippen molar-refractivity contribution < 1.29 is 19.5 Å². The maximum Gasteiger partial charge on any atom is 0.354 e. The Balaban J connectivity index is 1.68. The van der Waals surface area contributed by atoms with E-state index < -0.39 is 17.8 Å². The lowest BCUT2D eigenvalue weighted by Gasteiger charge is -2.09. The number of carboxylic acid groups (broad SMARTS) is 1. The van der Waals surface area contributed by atoms with Crippen LogP contribution in [0.4, 0.5) is 5.69 Å². The van der Waals surface area contributed by atoms with Gasteiger partial charge in [0, 0.05) is 38.6 Å². The summed E-state index contributed by atoms with van der Waals surface area (Å²) in [7, 11) is 3.35. The quantitative estimate of drug-likeness (QED) is 0.501. The average molecular weight is 386 g/mol. The Kier molecular flexibility index (Phi) is 5.20. The standard InChI is InChI=1S/C16H18N8O4/c1-22-8-10(6-19-22)5-17-15(26)14-11(7-20-23(14)2)21-13(25)9-24-12(16(27)28)3-4-18-24/h3-4,6-8H,5,9H2,1-2H3,(H,17,26)(H,21,25)(H,27,28).